The molecule has 0 aliphatic heterocycles. The molecular weight excluding hydrogens is 424 g/mol. The Morgan fingerprint density at radius 1 is 1.04 bits per heavy atom. The van der Waals surface area contributed by atoms with E-state index in [4.69, 9.17) is 65.8 Å². The van der Waals surface area contributed by atoms with Crippen molar-refractivity contribution in [2.45, 2.75) is 32.6 Å². The minimum absolute atomic E-state index is 0.130. The van der Waals surface area contributed by atoms with Gasteiger partial charge in [0, 0.05) is 19.1 Å². The SMILES string of the molecule is CC(=NO)OCCCCCCOc1c(Cl)cc(OCC=C(Cl)Cl)cc1Cl. The standard InChI is InChI=1S/C17H21Cl4NO4/c1-12(22-23)24-7-4-2-3-5-8-26-17-14(18)10-13(11-15(17)19)25-9-6-16(20)21/h6,10-11,23H,2-5,7-9H2,1H3. The van der Waals surface area contributed by atoms with Crippen LogP contribution >= 0.6 is 46.4 Å². The van der Waals surface area contributed by atoms with Gasteiger partial charge in [-0.15, -0.1) is 0 Å². The van der Waals surface area contributed by atoms with Crippen molar-refractivity contribution >= 4 is 52.3 Å². The van der Waals surface area contributed by atoms with E-state index < -0.39 is 0 Å². The number of nitrogens with zero attached hydrogens (tertiary/aromatic N) is 1. The summed E-state index contributed by atoms with van der Waals surface area (Å²) in [6, 6.07) is 3.25. The molecule has 1 N–H and O–H groups in total. The molecule has 146 valence electrons. The highest BCUT2D eigenvalue weighted by Gasteiger charge is 2.10. The maximum atomic E-state index is 8.45. The second-order valence-corrected chi connectivity index (χ2v) is 7.07. The fourth-order valence-electron chi connectivity index (χ4n) is 1.94. The second kappa shape index (κ2) is 13.2. The fourth-order valence-corrected chi connectivity index (χ4v) is 2.64. The Labute approximate surface area is 173 Å². The number of benzene rings is 1. The second-order valence-electron chi connectivity index (χ2n) is 5.25. The number of unbranched alkanes of at least 4 members (excludes halogenated alkanes) is 3. The van der Waals surface area contributed by atoms with Gasteiger partial charge >= 0.3 is 0 Å². The van der Waals surface area contributed by atoms with Gasteiger partial charge in [0.1, 0.15) is 16.8 Å². The van der Waals surface area contributed by atoms with E-state index >= 15 is 0 Å². The van der Waals surface area contributed by atoms with Crippen molar-refractivity contribution in [3.05, 3.63) is 32.7 Å². The van der Waals surface area contributed by atoms with Crippen LogP contribution in [-0.4, -0.2) is 30.9 Å². The summed E-state index contributed by atoms with van der Waals surface area (Å²) in [6.07, 6.45) is 5.20. The molecule has 0 spiro atoms. The zero-order chi connectivity index (χ0) is 19.4. The first kappa shape index (κ1) is 23.0. The fraction of sp³-hybridized carbons (Fsp3) is 0.471. The van der Waals surface area contributed by atoms with Gasteiger partial charge in [-0.05, 0) is 31.8 Å². The molecule has 0 aromatic heterocycles. The summed E-state index contributed by atoms with van der Waals surface area (Å²) in [5.41, 5.74) is 0. The van der Waals surface area contributed by atoms with Crippen molar-refractivity contribution in [3.8, 4) is 11.5 Å². The van der Waals surface area contributed by atoms with Crippen molar-refractivity contribution in [1.29, 1.82) is 0 Å². The van der Waals surface area contributed by atoms with Gasteiger partial charge in [-0.2, -0.15) is 0 Å². The van der Waals surface area contributed by atoms with Gasteiger partial charge in [-0.25, -0.2) is 0 Å². The molecule has 9 heteroatoms. The van der Waals surface area contributed by atoms with E-state index in [0.29, 0.717) is 34.8 Å². The number of ether oxygens (including phenoxy) is 3. The lowest BCUT2D eigenvalue weighted by atomic mass is 10.2. The van der Waals surface area contributed by atoms with Crippen LogP contribution in [0.3, 0.4) is 0 Å². The van der Waals surface area contributed by atoms with E-state index in [1.165, 1.54) is 6.08 Å². The monoisotopic (exact) mass is 443 g/mol. The molecule has 26 heavy (non-hydrogen) atoms. The Bertz CT molecular complexity index is 596. The van der Waals surface area contributed by atoms with Gasteiger partial charge in [0.2, 0.25) is 5.90 Å². The van der Waals surface area contributed by atoms with Gasteiger partial charge in [0.05, 0.1) is 23.3 Å². The lowest BCUT2D eigenvalue weighted by Gasteiger charge is -2.12. The van der Waals surface area contributed by atoms with Crippen LogP contribution in [0.1, 0.15) is 32.6 Å². The lowest BCUT2D eigenvalue weighted by Crippen LogP contribution is -2.02. The molecule has 0 aliphatic carbocycles. The third-order valence-corrected chi connectivity index (χ3v) is 4.07. The molecule has 0 saturated heterocycles. The van der Waals surface area contributed by atoms with Crippen molar-refractivity contribution in [2.24, 2.45) is 5.16 Å². The Morgan fingerprint density at radius 2 is 1.65 bits per heavy atom. The average Bonchev–Trinajstić information content (AvgIpc) is 2.58. The highest BCUT2D eigenvalue weighted by molar-refractivity contribution is 6.55. The number of hydrogen-bond donors (Lipinski definition) is 1. The quantitative estimate of drug-likeness (QED) is 0.140. The summed E-state index contributed by atoms with van der Waals surface area (Å²) < 4.78 is 16.4. The van der Waals surface area contributed by atoms with Gasteiger partial charge in [-0.3, -0.25) is 0 Å². The molecule has 0 amide bonds. The Morgan fingerprint density at radius 3 is 2.23 bits per heavy atom. The summed E-state index contributed by atoms with van der Waals surface area (Å²) in [7, 11) is 0. The van der Waals surface area contributed by atoms with Crippen LogP contribution in [0.25, 0.3) is 0 Å². The van der Waals surface area contributed by atoms with Crippen LogP contribution < -0.4 is 9.47 Å². The molecule has 0 radical (unpaired) electrons. The summed E-state index contributed by atoms with van der Waals surface area (Å²) in [4.78, 5) is 0. The molecule has 0 saturated carbocycles. The molecule has 0 bridgehead atoms. The zero-order valence-electron chi connectivity index (χ0n) is 14.3. The Hall–Kier alpha value is -1.01. The molecule has 1 aromatic carbocycles. The molecular formula is C17H21Cl4NO4. The van der Waals surface area contributed by atoms with E-state index in [1.54, 1.807) is 19.1 Å². The van der Waals surface area contributed by atoms with E-state index in [9.17, 15) is 0 Å². The summed E-state index contributed by atoms with van der Waals surface area (Å²) in [5, 5.41) is 12.1. The van der Waals surface area contributed by atoms with Gasteiger partial charge in [0.15, 0.2) is 5.75 Å². The predicted molar refractivity (Wildman–Crippen MR) is 107 cm³/mol. The zero-order valence-corrected chi connectivity index (χ0v) is 17.3. The minimum Gasteiger partial charge on any atom is -0.490 e. The highest BCUT2D eigenvalue weighted by atomic mass is 35.5. The van der Waals surface area contributed by atoms with E-state index in [-0.39, 0.29) is 17.0 Å². The van der Waals surface area contributed by atoms with E-state index in [2.05, 4.69) is 5.16 Å². The van der Waals surface area contributed by atoms with Crippen molar-refractivity contribution in [2.75, 3.05) is 19.8 Å². The topological polar surface area (TPSA) is 60.3 Å². The van der Waals surface area contributed by atoms with Gasteiger partial charge in [0.25, 0.3) is 0 Å². The number of oxime groups is 1. The maximum Gasteiger partial charge on any atom is 0.222 e. The normalized spacial score (nSPS) is 11.2. The summed E-state index contributed by atoms with van der Waals surface area (Å²) in [5.74, 6) is 1.21. The molecule has 0 atom stereocenters. The van der Waals surface area contributed by atoms with Crippen LogP contribution in [0.5, 0.6) is 11.5 Å². The van der Waals surface area contributed by atoms with Crippen LogP contribution in [0.2, 0.25) is 10.0 Å². The smallest absolute Gasteiger partial charge is 0.222 e. The van der Waals surface area contributed by atoms with Gasteiger partial charge in [-0.1, -0.05) is 51.6 Å². The molecule has 0 unspecified atom stereocenters. The van der Waals surface area contributed by atoms with Crippen LogP contribution in [0.4, 0.5) is 0 Å². The summed E-state index contributed by atoms with van der Waals surface area (Å²) in [6.45, 7) is 2.84. The lowest BCUT2D eigenvalue weighted by molar-refractivity contribution is 0.245. The number of hydrogen-bond acceptors (Lipinski definition) is 5. The van der Waals surface area contributed by atoms with Crippen molar-refractivity contribution in [3.63, 3.8) is 0 Å². The van der Waals surface area contributed by atoms with Gasteiger partial charge < -0.3 is 19.4 Å². The average molecular weight is 445 g/mol. The van der Waals surface area contributed by atoms with Crippen LogP contribution in [-0.2, 0) is 4.74 Å². The summed E-state index contributed by atoms with van der Waals surface area (Å²) >= 11 is 23.4. The minimum atomic E-state index is 0.130. The third kappa shape index (κ3) is 9.62. The predicted octanol–water partition coefficient (Wildman–Crippen LogP) is 6.45. The van der Waals surface area contributed by atoms with Crippen molar-refractivity contribution < 1.29 is 19.4 Å². The first-order valence-corrected chi connectivity index (χ1v) is 9.52. The first-order valence-electron chi connectivity index (χ1n) is 8.01. The third-order valence-electron chi connectivity index (χ3n) is 3.20. The highest BCUT2D eigenvalue weighted by Crippen LogP contribution is 2.37. The first-order chi connectivity index (χ1) is 12.4. The molecule has 5 nitrogen and oxygen atoms in total. The maximum absolute atomic E-state index is 8.45. The van der Waals surface area contributed by atoms with Crippen LogP contribution in [0, 0.1) is 0 Å². The van der Waals surface area contributed by atoms with E-state index in [0.717, 1.165) is 25.7 Å². The number of rotatable bonds is 11. The van der Waals surface area contributed by atoms with E-state index in [1.807, 2.05) is 0 Å². The largest absolute Gasteiger partial charge is 0.490 e. The molecule has 1 rings (SSSR count). The molecule has 0 heterocycles. The van der Waals surface area contributed by atoms with Crippen LogP contribution in [0.15, 0.2) is 27.9 Å². The molecule has 0 aliphatic rings. The Kier molecular flexibility index (Phi) is 11.7. The Balaban J connectivity index is 2.31. The van der Waals surface area contributed by atoms with Crippen molar-refractivity contribution in [1.82, 2.24) is 0 Å². The number of halogens is 4. The molecule has 1 aromatic rings. The molecule has 0 fully saturated rings.